The summed E-state index contributed by atoms with van der Waals surface area (Å²) in [6.45, 7) is 15.5. The molecule has 4 aliphatic rings. The van der Waals surface area contributed by atoms with Crippen molar-refractivity contribution in [3.63, 3.8) is 0 Å². The van der Waals surface area contributed by atoms with Crippen molar-refractivity contribution in [3.05, 3.63) is 12.2 Å². The first-order valence-electron chi connectivity index (χ1n) is 11.8. The highest BCUT2D eigenvalue weighted by atomic mass is 16.5. The number of hydrogen-bond acceptors (Lipinski definition) is 6. The van der Waals surface area contributed by atoms with Crippen molar-refractivity contribution >= 4 is 17.5 Å². The van der Waals surface area contributed by atoms with Gasteiger partial charge in [-0.3, -0.25) is 14.4 Å². The maximum Gasteiger partial charge on any atom is 0.324 e. The van der Waals surface area contributed by atoms with Crippen molar-refractivity contribution in [1.82, 2.24) is 0 Å². The molecule has 0 spiro atoms. The van der Waals surface area contributed by atoms with Crippen molar-refractivity contribution in [2.75, 3.05) is 7.11 Å². The number of carbonyl (C=O) groups is 3. The lowest BCUT2D eigenvalue weighted by Gasteiger charge is -2.72. The Morgan fingerprint density at radius 1 is 1.00 bits per heavy atom. The van der Waals surface area contributed by atoms with Gasteiger partial charge in [0.2, 0.25) is 0 Å². The van der Waals surface area contributed by atoms with Crippen LogP contribution in [0, 0.1) is 38.9 Å². The van der Waals surface area contributed by atoms with Crippen LogP contribution in [0.15, 0.2) is 12.2 Å². The third kappa shape index (κ3) is 2.22. The molecule has 4 fully saturated rings. The van der Waals surface area contributed by atoms with E-state index in [1.54, 1.807) is 6.92 Å². The Morgan fingerprint density at radius 2 is 1.59 bits per heavy atom. The van der Waals surface area contributed by atoms with Crippen LogP contribution in [0.4, 0.5) is 0 Å². The zero-order valence-electron chi connectivity index (χ0n) is 20.5. The molecule has 6 heteroatoms. The van der Waals surface area contributed by atoms with Gasteiger partial charge in [-0.05, 0) is 79.6 Å². The van der Waals surface area contributed by atoms with Gasteiger partial charge in [-0.1, -0.05) is 34.3 Å². The molecule has 0 aromatic carbocycles. The van der Waals surface area contributed by atoms with Crippen molar-refractivity contribution in [1.29, 1.82) is 0 Å². The summed E-state index contributed by atoms with van der Waals surface area (Å²) in [6, 6.07) is 0. The summed E-state index contributed by atoms with van der Waals surface area (Å²) in [5.41, 5.74) is -6.49. The minimum absolute atomic E-state index is 0.154. The number of ketones is 2. The predicted octanol–water partition coefficient (Wildman–Crippen LogP) is 3.23. The van der Waals surface area contributed by atoms with Crippen LogP contribution in [0.25, 0.3) is 0 Å². The van der Waals surface area contributed by atoms with Gasteiger partial charge in [-0.15, -0.1) is 0 Å². The van der Waals surface area contributed by atoms with Gasteiger partial charge in [0.25, 0.3) is 0 Å². The molecule has 4 saturated carbocycles. The topological polar surface area (TPSA) is 101 Å². The second kappa shape index (κ2) is 6.32. The van der Waals surface area contributed by atoms with E-state index < -0.39 is 45.5 Å². The van der Waals surface area contributed by atoms with E-state index in [4.69, 9.17) is 4.74 Å². The number of carbonyl (C=O) groups excluding carboxylic acids is 3. The van der Waals surface area contributed by atoms with Gasteiger partial charge in [-0.25, -0.2) is 0 Å². The highest BCUT2D eigenvalue weighted by Crippen LogP contribution is 2.76. The molecule has 178 valence electrons. The first-order valence-corrected chi connectivity index (χ1v) is 11.8. The lowest BCUT2D eigenvalue weighted by atomic mass is 9.30. The molecule has 0 aromatic rings. The number of ether oxygens (including phenoxy) is 1. The number of methoxy groups -OCH3 is 1. The molecule has 0 heterocycles. The molecule has 2 bridgehead atoms. The maximum absolute atomic E-state index is 14.0. The lowest BCUT2D eigenvalue weighted by Crippen LogP contribution is -2.77. The Balaban J connectivity index is 2.02. The second-order valence-electron chi connectivity index (χ2n) is 12.4. The summed E-state index contributed by atoms with van der Waals surface area (Å²) in [7, 11) is 1.25. The average molecular weight is 447 g/mol. The molecule has 0 aliphatic heterocycles. The Hall–Kier alpha value is -1.53. The molecule has 0 unspecified atom stereocenters. The van der Waals surface area contributed by atoms with E-state index in [9.17, 15) is 24.6 Å². The first kappa shape index (κ1) is 23.6. The maximum atomic E-state index is 14.0. The summed E-state index contributed by atoms with van der Waals surface area (Å²) < 4.78 is 5.24. The van der Waals surface area contributed by atoms with Gasteiger partial charge in [0, 0.05) is 0 Å². The summed E-state index contributed by atoms with van der Waals surface area (Å²) in [5.74, 6) is -2.08. The van der Waals surface area contributed by atoms with Crippen LogP contribution in [-0.2, 0) is 19.1 Å². The molecule has 6 nitrogen and oxygen atoms in total. The average Bonchev–Trinajstić information content (AvgIpc) is 2.71. The Labute approximate surface area is 190 Å². The van der Waals surface area contributed by atoms with Crippen molar-refractivity contribution in [3.8, 4) is 0 Å². The largest absolute Gasteiger partial charge is 0.468 e. The highest BCUT2D eigenvalue weighted by molar-refractivity contribution is 6.26. The van der Waals surface area contributed by atoms with E-state index in [1.807, 2.05) is 6.92 Å². The van der Waals surface area contributed by atoms with E-state index in [0.717, 1.165) is 12.8 Å². The van der Waals surface area contributed by atoms with E-state index in [0.29, 0.717) is 19.3 Å². The van der Waals surface area contributed by atoms with Crippen LogP contribution in [-0.4, -0.2) is 46.6 Å². The van der Waals surface area contributed by atoms with Crippen LogP contribution in [0.5, 0.6) is 0 Å². The predicted molar refractivity (Wildman–Crippen MR) is 118 cm³/mol. The molecular weight excluding hydrogens is 408 g/mol. The molecule has 0 aromatic heterocycles. The minimum atomic E-state index is -2.28. The SMILES string of the molecule is C=C1[C@]2(C)C[C@@H]3[C@@]4(C)CC[C@H](O)C(C)(C)[C@@H]4CC[C@@]3(C)[C@@]1(C(=O)OC)C(=O)[C@](C)(O)C2=O. The van der Waals surface area contributed by atoms with Gasteiger partial charge in [-0.2, -0.15) is 0 Å². The smallest absolute Gasteiger partial charge is 0.324 e. The minimum Gasteiger partial charge on any atom is -0.468 e. The Kier molecular flexibility index (Phi) is 4.67. The van der Waals surface area contributed by atoms with E-state index in [-0.39, 0.29) is 28.2 Å². The van der Waals surface area contributed by atoms with Gasteiger partial charge < -0.3 is 14.9 Å². The van der Waals surface area contributed by atoms with Crippen molar-refractivity contribution in [2.45, 2.75) is 85.4 Å². The van der Waals surface area contributed by atoms with Crippen LogP contribution < -0.4 is 0 Å². The van der Waals surface area contributed by atoms with Crippen molar-refractivity contribution in [2.24, 2.45) is 38.9 Å². The van der Waals surface area contributed by atoms with Crippen LogP contribution in [0.3, 0.4) is 0 Å². The third-order valence-electron chi connectivity index (χ3n) is 10.8. The fourth-order valence-corrected chi connectivity index (χ4v) is 8.97. The molecule has 32 heavy (non-hydrogen) atoms. The molecule has 0 radical (unpaired) electrons. The number of aliphatic hydroxyl groups is 2. The zero-order chi connectivity index (χ0) is 24.3. The van der Waals surface area contributed by atoms with Crippen LogP contribution >= 0.6 is 0 Å². The number of fused-ring (bicyclic) bond motifs is 6. The third-order valence-corrected chi connectivity index (χ3v) is 10.8. The summed E-state index contributed by atoms with van der Waals surface area (Å²) >= 11 is 0. The zero-order valence-corrected chi connectivity index (χ0v) is 20.5. The Morgan fingerprint density at radius 3 is 2.16 bits per heavy atom. The number of hydrogen-bond donors (Lipinski definition) is 2. The monoisotopic (exact) mass is 446 g/mol. The van der Waals surface area contributed by atoms with Crippen molar-refractivity contribution < 1.29 is 29.3 Å². The molecular formula is C26H38O6. The molecule has 0 saturated heterocycles. The lowest BCUT2D eigenvalue weighted by molar-refractivity contribution is -0.232. The Bertz CT molecular complexity index is 923. The van der Waals surface area contributed by atoms with Gasteiger partial charge in [0.05, 0.1) is 18.6 Å². The number of esters is 1. The summed E-state index contributed by atoms with van der Waals surface area (Å²) in [5, 5.41) is 22.0. The second-order valence-corrected chi connectivity index (χ2v) is 12.4. The number of aliphatic hydroxyl groups excluding tert-OH is 1. The molecule has 4 rings (SSSR count). The van der Waals surface area contributed by atoms with Crippen LogP contribution in [0.1, 0.15) is 73.6 Å². The van der Waals surface area contributed by atoms with E-state index >= 15 is 0 Å². The first-order chi connectivity index (χ1) is 14.5. The highest BCUT2D eigenvalue weighted by Gasteiger charge is 2.81. The quantitative estimate of drug-likeness (QED) is 0.364. The van der Waals surface area contributed by atoms with Crippen LogP contribution in [0.2, 0.25) is 0 Å². The van der Waals surface area contributed by atoms with Gasteiger partial charge in [0.1, 0.15) is 0 Å². The number of rotatable bonds is 1. The molecule has 8 atom stereocenters. The fourth-order valence-electron chi connectivity index (χ4n) is 8.97. The van der Waals surface area contributed by atoms with E-state index in [1.165, 1.54) is 14.0 Å². The standard InChI is InChI=1S/C26H38O6/c1-14-23(5)13-16-22(4)11-10-17(27)21(2,3)15(22)9-12-24(16,6)26(14,20(30)32-8)19(29)25(7,31)18(23)28/h15-17,27,31H,1,9-13H2,2-8H3/t15-,16+,17-,22-,23-,24+,25+,26+/m0/s1. The fraction of sp³-hybridized carbons (Fsp3) is 0.808. The van der Waals surface area contributed by atoms with Gasteiger partial charge >= 0.3 is 5.97 Å². The molecule has 0 amide bonds. The van der Waals surface area contributed by atoms with E-state index in [2.05, 4.69) is 27.4 Å². The summed E-state index contributed by atoms with van der Waals surface area (Å²) in [4.78, 5) is 41.1. The summed E-state index contributed by atoms with van der Waals surface area (Å²) in [6.07, 6.45) is 2.67. The number of Topliss-reactive ketones (excluding diaryl/α,β-unsaturated/α-hetero) is 2. The van der Waals surface area contributed by atoms with Gasteiger partial charge in [0.15, 0.2) is 22.6 Å². The molecule has 2 N–H and O–H groups in total. The normalized spacial score (nSPS) is 52.2. The molecule has 4 aliphatic carbocycles.